The summed E-state index contributed by atoms with van der Waals surface area (Å²) in [5.41, 5.74) is 4.58. The number of anilines is 1. The second kappa shape index (κ2) is 7.17. The summed E-state index contributed by atoms with van der Waals surface area (Å²) in [5.74, 6) is 0.365. The molecule has 0 unspecified atom stereocenters. The Balaban J connectivity index is 1.67. The molecule has 1 amide bonds. The van der Waals surface area contributed by atoms with Gasteiger partial charge in [-0.05, 0) is 38.8 Å². The highest BCUT2D eigenvalue weighted by Crippen LogP contribution is 2.29. The van der Waals surface area contributed by atoms with Crippen LogP contribution in [-0.4, -0.2) is 52.9 Å². The van der Waals surface area contributed by atoms with Gasteiger partial charge in [-0.15, -0.1) is 0 Å². The number of pyridine rings is 1. The minimum absolute atomic E-state index is 0.0304. The quantitative estimate of drug-likeness (QED) is 0.860. The fourth-order valence-corrected chi connectivity index (χ4v) is 3.19. The molecule has 0 N–H and O–H groups in total. The van der Waals surface area contributed by atoms with Gasteiger partial charge in [0.2, 0.25) is 0 Å². The lowest BCUT2D eigenvalue weighted by Crippen LogP contribution is -2.38. The average Bonchev–Trinajstić information content (AvgIpc) is 2.61. The second-order valence-corrected chi connectivity index (χ2v) is 6.90. The third-order valence-corrected chi connectivity index (χ3v) is 4.67. The van der Waals surface area contributed by atoms with Crippen molar-refractivity contribution < 1.29 is 4.79 Å². The van der Waals surface area contributed by atoms with E-state index in [0.717, 1.165) is 43.0 Å². The zero-order valence-electron chi connectivity index (χ0n) is 15.4. The molecule has 0 bridgehead atoms. The van der Waals surface area contributed by atoms with Crippen molar-refractivity contribution in [1.82, 2.24) is 19.9 Å². The predicted octanol–water partition coefficient (Wildman–Crippen LogP) is 2.57. The summed E-state index contributed by atoms with van der Waals surface area (Å²) in [7, 11) is 4.09. The molecule has 0 aromatic carbocycles. The average molecular weight is 339 g/mol. The minimum Gasteiger partial charge on any atom is -0.378 e. The van der Waals surface area contributed by atoms with Crippen LogP contribution >= 0.6 is 0 Å². The Morgan fingerprint density at radius 3 is 2.40 bits per heavy atom. The van der Waals surface area contributed by atoms with Crippen LogP contribution in [0.25, 0.3) is 0 Å². The zero-order chi connectivity index (χ0) is 18.0. The van der Waals surface area contributed by atoms with Crippen molar-refractivity contribution in [2.24, 2.45) is 0 Å². The summed E-state index contributed by atoms with van der Waals surface area (Å²) in [6, 6.07) is 4.26. The van der Waals surface area contributed by atoms with Crippen molar-refractivity contribution in [2.75, 3.05) is 32.1 Å². The van der Waals surface area contributed by atoms with Crippen molar-refractivity contribution in [2.45, 2.75) is 32.6 Å². The van der Waals surface area contributed by atoms with E-state index in [0.29, 0.717) is 11.6 Å². The number of carbonyl (C=O) groups excluding carboxylic acids is 1. The molecule has 0 atom stereocenters. The van der Waals surface area contributed by atoms with Crippen LogP contribution in [-0.2, 0) is 0 Å². The Hall–Kier alpha value is -2.50. The molecule has 6 heteroatoms. The lowest BCUT2D eigenvalue weighted by Gasteiger charge is -2.32. The van der Waals surface area contributed by atoms with E-state index in [-0.39, 0.29) is 5.91 Å². The highest BCUT2D eigenvalue weighted by Gasteiger charge is 2.26. The SMILES string of the molecule is Cc1cnc(C(=O)N2CCC(c3cc(N(C)C)cc(C)n3)CC2)cn1. The summed E-state index contributed by atoms with van der Waals surface area (Å²) in [4.78, 5) is 29.6. The number of aryl methyl sites for hydroxylation is 2. The van der Waals surface area contributed by atoms with Gasteiger partial charge in [0.05, 0.1) is 11.9 Å². The molecule has 1 fully saturated rings. The topological polar surface area (TPSA) is 62.2 Å². The van der Waals surface area contributed by atoms with E-state index in [2.05, 4.69) is 27.0 Å². The molecule has 0 radical (unpaired) electrons. The number of hydrogen-bond donors (Lipinski definition) is 0. The molecule has 1 aliphatic rings. The Morgan fingerprint density at radius 2 is 1.80 bits per heavy atom. The second-order valence-electron chi connectivity index (χ2n) is 6.90. The van der Waals surface area contributed by atoms with Crippen LogP contribution in [0.5, 0.6) is 0 Å². The summed E-state index contributed by atoms with van der Waals surface area (Å²) < 4.78 is 0. The number of aromatic nitrogens is 3. The summed E-state index contributed by atoms with van der Waals surface area (Å²) >= 11 is 0. The van der Waals surface area contributed by atoms with Gasteiger partial charge in [-0.25, -0.2) is 4.98 Å². The number of likely N-dealkylation sites (tertiary alicyclic amines) is 1. The van der Waals surface area contributed by atoms with Crippen molar-refractivity contribution in [1.29, 1.82) is 0 Å². The van der Waals surface area contributed by atoms with Gasteiger partial charge in [0.1, 0.15) is 5.69 Å². The van der Waals surface area contributed by atoms with Gasteiger partial charge in [0.15, 0.2) is 0 Å². The van der Waals surface area contributed by atoms with Gasteiger partial charge in [0, 0.05) is 56.4 Å². The standard InChI is InChI=1S/C19H25N5O/c1-13-9-16(23(3)4)10-17(22-13)15-5-7-24(8-6-15)19(25)18-12-20-14(2)11-21-18/h9-12,15H,5-8H2,1-4H3. The Bertz CT molecular complexity index is 749. The number of piperidine rings is 1. The van der Waals surface area contributed by atoms with E-state index in [1.165, 1.54) is 5.69 Å². The third-order valence-electron chi connectivity index (χ3n) is 4.67. The predicted molar refractivity (Wildman–Crippen MR) is 97.9 cm³/mol. The van der Waals surface area contributed by atoms with Crippen LogP contribution in [0.15, 0.2) is 24.5 Å². The van der Waals surface area contributed by atoms with E-state index in [9.17, 15) is 4.79 Å². The molecule has 3 heterocycles. The van der Waals surface area contributed by atoms with Gasteiger partial charge in [-0.3, -0.25) is 14.8 Å². The first-order chi connectivity index (χ1) is 11.9. The number of carbonyl (C=O) groups is 1. The smallest absolute Gasteiger partial charge is 0.274 e. The van der Waals surface area contributed by atoms with E-state index >= 15 is 0 Å². The van der Waals surface area contributed by atoms with Crippen molar-refractivity contribution >= 4 is 11.6 Å². The normalized spacial score (nSPS) is 15.3. The molecule has 25 heavy (non-hydrogen) atoms. The largest absolute Gasteiger partial charge is 0.378 e. The summed E-state index contributed by atoms with van der Waals surface area (Å²) in [6.45, 7) is 5.35. The number of amides is 1. The first-order valence-corrected chi connectivity index (χ1v) is 8.68. The van der Waals surface area contributed by atoms with Crippen LogP contribution in [0.2, 0.25) is 0 Å². The molecule has 1 aliphatic heterocycles. The third kappa shape index (κ3) is 3.95. The number of nitrogens with zero attached hydrogens (tertiary/aromatic N) is 5. The zero-order valence-corrected chi connectivity index (χ0v) is 15.4. The van der Waals surface area contributed by atoms with E-state index in [1.54, 1.807) is 12.4 Å². The van der Waals surface area contributed by atoms with Gasteiger partial charge < -0.3 is 9.80 Å². The van der Waals surface area contributed by atoms with Crippen LogP contribution in [0.4, 0.5) is 5.69 Å². The lowest BCUT2D eigenvalue weighted by molar-refractivity contribution is 0.0705. The van der Waals surface area contributed by atoms with E-state index < -0.39 is 0 Å². The fraction of sp³-hybridized carbons (Fsp3) is 0.474. The molecular formula is C19H25N5O. The van der Waals surface area contributed by atoms with Crippen molar-refractivity contribution in [3.8, 4) is 0 Å². The van der Waals surface area contributed by atoms with E-state index in [1.807, 2.05) is 32.8 Å². The maximum Gasteiger partial charge on any atom is 0.274 e. The van der Waals surface area contributed by atoms with Crippen LogP contribution in [0.3, 0.4) is 0 Å². The van der Waals surface area contributed by atoms with Crippen molar-refractivity contribution in [3.05, 3.63) is 47.3 Å². The Kier molecular flexibility index (Phi) is 4.97. The molecule has 6 nitrogen and oxygen atoms in total. The first-order valence-electron chi connectivity index (χ1n) is 8.68. The molecule has 0 aliphatic carbocycles. The summed E-state index contributed by atoms with van der Waals surface area (Å²) in [6.07, 6.45) is 5.05. The highest BCUT2D eigenvalue weighted by molar-refractivity contribution is 5.92. The van der Waals surface area contributed by atoms with Gasteiger partial charge in [0.25, 0.3) is 5.91 Å². The highest BCUT2D eigenvalue weighted by atomic mass is 16.2. The number of rotatable bonds is 3. The first kappa shape index (κ1) is 17.3. The molecule has 2 aromatic heterocycles. The molecule has 2 aromatic rings. The van der Waals surface area contributed by atoms with Crippen LogP contribution in [0.1, 0.15) is 46.3 Å². The Labute approximate surface area is 148 Å². The molecule has 1 saturated heterocycles. The summed E-state index contributed by atoms with van der Waals surface area (Å²) in [5, 5.41) is 0. The lowest BCUT2D eigenvalue weighted by atomic mass is 9.92. The maximum absolute atomic E-state index is 12.6. The molecule has 3 rings (SSSR count). The number of hydrogen-bond acceptors (Lipinski definition) is 5. The fourth-order valence-electron chi connectivity index (χ4n) is 3.19. The maximum atomic E-state index is 12.6. The van der Waals surface area contributed by atoms with Gasteiger partial charge >= 0.3 is 0 Å². The van der Waals surface area contributed by atoms with Crippen LogP contribution in [0, 0.1) is 13.8 Å². The Morgan fingerprint density at radius 1 is 1.08 bits per heavy atom. The van der Waals surface area contributed by atoms with Gasteiger partial charge in [-0.1, -0.05) is 0 Å². The monoisotopic (exact) mass is 339 g/mol. The molecule has 0 saturated carbocycles. The molecular weight excluding hydrogens is 314 g/mol. The molecule has 0 spiro atoms. The van der Waals surface area contributed by atoms with Crippen molar-refractivity contribution in [3.63, 3.8) is 0 Å². The van der Waals surface area contributed by atoms with Gasteiger partial charge in [-0.2, -0.15) is 0 Å². The molecule has 132 valence electrons. The van der Waals surface area contributed by atoms with E-state index in [4.69, 9.17) is 4.98 Å². The minimum atomic E-state index is -0.0304. The van der Waals surface area contributed by atoms with Crippen LogP contribution < -0.4 is 4.90 Å².